The van der Waals surface area contributed by atoms with Gasteiger partial charge in [-0.15, -0.1) is 0 Å². The van der Waals surface area contributed by atoms with Gasteiger partial charge in [0.2, 0.25) is 0 Å². The maximum Gasteiger partial charge on any atom is 0.00965 e. The van der Waals surface area contributed by atoms with E-state index in [0.29, 0.717) is 6.04 Å². The van der Waals surface area contributed by atoms with E-state index >= 15 is 0 Å². The lowest BCUT2D eigenvalue weighted by atomic mass is 10.1. The Morgan fingerprint density at radius 3 is 2.06 bits per heavy atom. The molecule has 0 aromatic carbocycles. The molecule has 0 saturated heterocycles. The number of hydrogen-bond donors (Lipinski definition) is 1. The van der Waals surface area contributed by atoms with Crippen LogP contribution in [0, 0.1) is 0 Å². The van der Waals surface area contributed by atoms with Crippen LogP contribution in [0.15, 0.2) is 0 Å². The minimum Gasteiger partial charge on any atom is -0.312 e. The third-order valence-electron chi connectivity index (χ3n) is 3.16. The van der Waals surface area contributed by atoms with Crippen molar-refractivity contribution in [2.24, 2.45) is 0 Å². The van der Waals surface area contributed by atoms with E-state index in [2.05, 4.69) is 51.8 Å². The average Bonchev–Trinajstić information content (AvgIpc) is 2.20. The van der Waals surface area contributed by atoms with Crippen LogP contribution in [-0.4, -0.2) is 36.1 Å². The number of hydrogen-bond acceptors (Lipinski definition) is 2. The Bertz CT molecular complexity index is 170. The van der Waals surface area contributed by atoms with E-state index in [1.165, 1.54) is 38.8 Å². The molecular formula is C15H34N2. The lowest BCUT2D eigenvalue weighted by Gasteiger charge is -2.24. The van der Waals surface area contributed by atoms with Crippen molar-refractivity contribution in [3.8, 4) is 0 Å². The summed E-state index contributed by atoms with van der Waals surface area (Å²) in [5, 5.41) is 3.54. The van der Waals surface area contributed by atoms with Gasteiger partial charge < -0.3 is 10.2 Å². The van der Waals surface area contributed by atoms with E-state index < -0.39 is 0 Å². The third-order valence-corrected chi connectivity index (χ3v) is 3.16. The highest BCUT2D eigenvalue weighted by Gasteiger charge is 2.07. The molecular weight excluding hydrogens is 208 g/mol. The van der Waals surface area contributed by atoms with E-state index in [9.17, 15) is 0 Å². The van der Waals surface area contributed by atoms with Gasteiger partial charge in [0.05, 0.1) is 0 Å². The quantitative estimate of drug-likeness (QED) is 0.621. The molecule has 0 fully saturated rings. The highest BCUT2D eigenvalue weighted by Crippen LogP contribution is 2.05. The van der Waals surface area contributed by atoms with Crippen LogP contribution in [0.25, 0.3) is 0 Å². The number of unbranched alkanes of at least 4 members (excludes halogenated alkanes) is 3. The standard InChI is InChI=1S/C15H34N2/c1-7-17(14(2)3)13-11-9-8-10-12-16-15(4,5)6/h14,16H,7-13H2,1-6H3. The normalized spacial score (nSPS) is 12.7. The van der Waals surface area contributed by atoms with E-state index in [1.807, 2.05) is 0 Å². The summed E-state index contributed by atoms with van der Waals surface area (Å²) in [7, 11) is 0. The van der Waals surface area contributed by atoms with Crippen molar-refractivity contribution in [1.29, 1.82) is 0 Å². The zero-order valence-electron chi connectivity index (χ0n) is 13.0. The monoisotopic (exact) mass is 242 g/mol. The van der Waals surface area contributed by atoms with Crippen molar-refractivity contribution < 1.29 is 0 Å². The molecule has 104 valence electrons. The average molecular weight is 242 g/mol. The second-order valence-electron chi connectivity index (χ2n) is 6.31. The predicted molar refractivity (Wildman–Crippen MR) is 78.6 cm³/mol. The molecule has 0 aliphatic carbocycles. The van der Waals surface area contributed by atoms with Crippen LogP contribution >= 0.6 is 0 Å². The lowest BCUT2D eigenvalue weighted by Crippen LogP contribution is -2.36. The summed E-state index contributed by atoms with van der Waals surface area (Å²) >= 11 is 0. The second-order valence-corrected chi connectivity index (χ2v) is 6.31. The zero-order valence-corrected chi connectivity index (χ0v) is 13.0. The Labute approximate surface area is 109 Å². The highest BCUT2D eigenvalue weighted by molar-refractivity contribution is 4.69. The molecule has 0 spiro atoms. The first-order chi connectivity index (χ1) is 7.87. The summed E-state index contributed by atoms with van der Waals surface area (Å²) in [6.07, 6.45) is 5.39. The first-order valence-electron chi connectivity index (χ1n) is 7.36. The second kappa shape index (κ2) is 8.93. The molecule has 0 saturated carbocycles. The van der Waals surface area contributed by atoms with Crippen molar-refractivity contribution in [3.05, 3.63) is 0 Å². The molecule has 0 heterocycles. The maximum absolute atomic E-state index is 3.54. The summed E-state index contributed by atoms with van der Waals surface area (Å²) in [4.78, 5) is 2.55. The predicted octanol–water partition coefficient (Wildman–Crippen LogP) is 3.67. The minimum atomic E-state index is 0.274. The van der Waals surface area contributed by atoms with Gasteiger partial charge in [0.15, 0.2) is 0 Å². The molecule has 0 aliphatic heterocycles. The maximum atomic E-state index is 3.54. The van der Waals surface area contributed by atoms with Crippen molar-refractivity contribution in [2.45, 2.75) is 78.8 Å². The van der Waals surface area contributed by atoms with Gasteiger partial charge >= 0.3 is 0 Å². The topological polar surface area (TPSA) is 15.3 Å². The fraction of sp³-hybridized carbons (Fsp3) is 1.00. The molecule has 0 rings (SSSR count). The Kier molecular flexibility index (Phi) is 8.89. The SMILES string of the molecule is CCN(CCCCCCNC(C)(C)C)C(C)C. The zero-order chi connectivity index (χ0) is 13.3. The molecule has 0 aromatic rings. The van der Waals surface area contributed by atoms with Crippen LogP contribution < -0.4 is 5.32 Å². The Morgan fingerprint density at radius 2 is 1.59 bits per heavy atom. The lowest BCUT2D eigenvalue weighted by molar-refractivity contribution is 0.228. The summed E-state index contributed by atoms with van der Waals surface area (Å²) < 4.78 is 0. The van der Waals surface area contributed by atoms with Gasteiger partial charge in [-0.25, -0.2) is 0 Å². The smallest absolute Gasteiger partial charge is 0.00965 e. The molecule has 0 radical (unpaired) electrons. The molecule has 0 amide bonds. The van der Waals surface area contributed by atoms with E-state index in [1.54, 1.807) is 0 Å². The molecule has 0 atom stereocenters. The van der Waals surface area contributed by atoms with Gasteiger partial charge in [0, 0.05) is 11.6 Å². The largest absolute Gasteiger partial charge is 0.312 e. The van der Waals surface area contributed by atoms with Gasteiger partial charge in [-0.1, -0.05) is 19.8 Å². The van der Waals surface area contributed by atoms with Crippen LogP contribution in [-0.2, 0) is 0 Å². The Hall–Kier alpha value is -0.0800. The first-order valence-corrected chi connectivity index (χ1v) is 7.36. The Balaban J connectivity index is 3.35. The van der Waals surface area contributed by atoms with E-state index in [-0.39, 0.29) is 5.54 Å². The first kappa shape index (κ1) is 16.9. The minimum absolute atomic E-state index is 0.274. The Morgan fingerprint density at radius 1 is 1.00 bits per heavy atom. The van der Waals surface area contributed by atoms with Crippen LogP contribution in [0.4, 0.5) is 0 Å². The van der Waals surface area contributed by atoms with Gasteiger partial charge in [0.1, 0.15) is 0 Å². The fourth-order valence-electron chi connectivity index (χ4n) is 2.04. The highest BCUT2D eigenvalue weighted by atomic mass is 15.1. The third kappa shape index (κ3) is 10.8. The van der Waals surface area contributed by atoms with Gasteiger partial charge in [-0.3, -0.25) is 0 Å². The molecule has 2 nitrogen and oxygen atoms in total. The molecule has 0 aromatic heterocycles. The molecule has 17 heavy (non-hydrogen) atoms. The van der Waals surface area contributed by atoms with Crippen molar-refractivity contribution in [2.75, 3.05) is 19.6 Å². The molecule has 0 bridgehead atoms. The number of nitrogens with zero attached hydrogens (tertiary/aromatic N) is 1. The van der Waals surface area contributed by atoms with Crippen LogP contribution in [0.5, 0.6) is 0 Å². The summed E-state index contributed by atoms with van der Waals surface area (Å²) in [5.41, 5.74) is 0.274. The summed E-state index contributed by atoms with van der Waals surface area (Å²) in [5.74, 6) is 0. The van der Waals surface area contributed by atoms with Crippen molar-refractivity contribution >= 4 is 0 Å². The molecule has 0 unspecified atom stereocenters. The fourth-order valence-corrected chi connectivity index (χ4v) is 2.04. The summed E-state index contributed by atoms with van der Waals surface area (Å²) in [6, 6.07) is 0.697. The number of rotatable bonds is 9. The number of nitrogens with one attached hydrogen (secondary N) is 1. The van der Waals surface area contributed by atoms with E-state index in [0.717, 1.165) is 6.54 Å². The van der Waals surface area contributed by atoms with Gasteiger partial charge in [-0.05, 0) is 67.1 Å². The van der Waals surface area contributed by atoms with Crippen molar-refractivity contribution in [1.82, 2.24) is 10.2 Å². The van der Waals surface area contributed by atoms with Crippen LogP contribution in [0.1, 0.15) is 67.2 Å². The van der Waals surface area contributed by atoms with Gasteiger partial charge in [-0.2, -0.15) is 0 Å². The molecule has 0 aliphatic rings. The van der Waals surface area contributed by atoms with E-state index in [4.69, 9.17) is 0 Å². The van der Waals surface area contributed by atoms with Crippen LogP contribution in [0.3, 0.4) is 0 Å². The van der Waals surface area contributed by atoms with Gasteiger partial charge in [0.25, 0.3) is 0 Å². The summed E-state index contributed by atoms with van der Waals surface area (Å²) in [6.45, 7) is 17.1. The van der Waals surface area contributed by atoms with Crippen molar-refractivity contribution in [3.63, 3.8) is 0 Å². The van der Waals surface area contributed by atoms with Crippen LogP contribution in [0.2, 0.25) is 0 Å². The molecule has 2 heteroatoms. The molecule has 1 N–H and O–H groups in total.